The van der Waals surface area contributed by atoms with Crippen molar-refractivity contribution >= 4 is 18.0 Å². The molecule has 2 aromatic rings. The molecule has 0 spiro atoms. The fourth-order valence-corrected chi connectivity index (χ4v) is 3.19. The third-order valence-corrected chi connectivity index (χ3v) is 4.62. The van der Waals surface area contributed by atoms with Crippen molar-refractivity contribution in [2.75, 3.05) is 6.26 Å². The van der Waals surface area contributed by atoms with Crippen LogP contribution in [0.15, 0.2) is 59.5 Å². The summed E-state index contributed by atoms with van der Waals surface area (Å²) in [5.74, 6) is 0. The molecule has 0 saturated heterocycles. The molecule has 2 aromatic carbocycles. The van der Waals surface area contributed by atoms with Crippen LogP contribution >= 0.6 is 11.8 Å². The lowest BCUT2D eigenvalue weighted by molar-refractivity contribution is 0.112. The minimum absolute atomic E-state index is 0.742. The molecule has 0 radical (unpaired) electrons. The van der Waals surface area contributed by atoms with Gasteiger partial charge in [-0.3, -0.25) is 4.79 Å². The number of hydrogen-bond acceptors (Lipinski definition) is 2. The predicted molar refractivity (Wildman–Crippen MR) is 101 cm³/mol. The Balaban J connectivity index is 2.11. The zero-order chi connectivity index (χ0) is 16.5. The monoisotopic (exact) mass is 324 g/mol. The lowest BCUT2D eigenvalue weighted by atomic mass is 10.0. The van der Waals surface area contributed by atoms with Gasteiger partial charge in [0.2, 0.25) is 0 Å². The smallest absolute Gasteiger partial charge is 0.150 e. The van der Waals surface area contributed by atoms with E-state index in [9.17, 15) is 4.79 Å². The molecule has 1 nitrogen and oxygen atoms in total. The summed E-state index contributed by atoms with van der Waals surface area (Å²) in [7, 11) is 0. The van der Waals surface area contributed by atoms with Gasteiger partial charge in [0.25, 0.3) is 0 Å². The van der Waals surface area contributed by atoms with Gasteiger partial charge in [-0.1, -0.05) is 61.9 Å². The topological polar surface area (TPSA) is 17.1 Å². The Morgan fingerprint density at radius 2 is 1.74 bits per heavy atom. The maximum Gasteiger partial charge on any atom is 0.150 e. The normalized spacial score (nSPS) is 11.5. The second-order valence-corrected chi connectivity index (χ2v) is 6.63. The average molecular weight is 324 g/mol. The molecule has 0 atom stereocenters. The van der Waals surface area contributed by atoms with Crippen molar-refractivity contribution in [1.82, 2.24) is 0 Å². The van der Waals surface area contributed by atoms with Crippen molar-refractivity contribution in [2.45, 2.75) is 32.6 Å². The highest BCUT2D eigenvalue weighted by Gasteiger charge is 2.02. The van der Waals surface area contributed by atoms with Gasteiger partial charge >= 0.3 is 0 Å². The molecular formula is C21H24OS. The molecule has 2 rings (SSSR count). The number of carbonyl (C=O) groups excluding carboxylic acids is 1. The molecule has 0 amide bonds. The number of unbranched alkanes of at least 4 members (excludes halogenated alkanes) is 1. The van der Waals surface area contributed by atoms with Crippen LogP contribution in [0.2, 0.25) is 0 Å². The summed E-state index contributed by atoms with van der Waals surface area (Å²) in [5, 5.41) is 0. The fourth-order valence-electron chi connectivity index (χ4n) is 2.60. The Morgan fingerprint density at radius 1 is 1.04 bits per heavy atom. The maximum atomic E-state index is 10.9. The standard InChI is InChI=1S/C21H24OS/c1-3-4-11-21(23-2)15-19-9-5-7-17(13-19)12-18-8-6-10-20(14-18)16-22/h5-11,13-14,16H,3-4,12,15H2,1-2H3. The molecule has 23 heavy (non-hydrogen) atoms. The molecule has 0 aliphatic heterocycles. The van der Waals surface area contributed by atoms with Crippen LogP contribution in [0, 0.1) is 0 Å². The predicted octanol–water partition coefficient (Wildman–Crippen LogP) is 5.68. The van der Waals surface area contributed by atoms with E-state index in [2.05, 4.69) is 49.6 Å². The number of aldehydes is 1. The Bertz CT molecular complexity index is 673. The average Bonchev–Trinajstić information content (AvgIpc) is 2.59. The molecule has 2 heteroatoms. The van der Waals surface area contributed by atoms with Crippen molar-refractivity contribution in [3.8, 4) is 0 Å². The van der Waals surface area contributed by atoms with E-state index in [0.717, 1.165) is 31.1 Å². The molecule has 0 saturated carbocycles. The first-order valence-corrected chi connectivity index (χ1v) is 9.32. The number of thioether (sulfide) groups is 1. The van der Waals surface area contributed by atoms with Gasteiger partial charge in [0, 0.05) is 12.0 Å². The van der Waals surface area contributed by atoms with Gasteiger partial charge in [0.05, 0.1) is 0 Å². The fraction of sp³-hybridized carbons (Fsp3) is 0.286. The van der Waals surface area contributed by atoms with E-state index in [4.69, 9.17) is 0 Å². The van der Waals surface area contributed by atoms with E-state index in [1.54, 1.807) is 0 Å². The third-order valence-electron chi connectivity index (χ3n) is 3.79. The molecular weight excluding hydrogens is 300 g/mol. The Hall–Kier alpha value is -1.80. The zero-order valence-corrected chi connectivity index (χ0v) is 14.7. The third kappa shape index (κ3) is 5.72. The Morgan fingerprint density at radius 3 is 2.43 bits per heavy atom. The van der Waals surface area contributed by atoms with Gasteiger partial charge in [-0.15, -0.1) is 11.8 Å². The van der Waals surface area contributed by atoms with Gasteiger partial charge in [-0.25, -0.2) is 0 Å². The lowest BCUT2D eigenvalue weighted by Gasteiger charge is -2.08. The Kier molecular flexibility index (Phi) is 7.15. The van der Waals surface area contributed by atoms with Crippen molar-refractivity contribution < 1.29 is 4.79 Å². The molecule has 0 heterocycles. The maximum absolute atomic E-state index is 10.9. The molecule has 0 aliphatic rings. The van der Waals surface area contributed by atoms with Gasteiger partial charge in [-0.2, -0.15) is 0 Å². The van der Waals surface area contributed by atoms with Crippen LogP contribution in [-0.4, -0.2) is 12.5 Å². The summed E-state index contributed by atoms with van der Waals surface area (Å²) in [5.41, 5.74) is 4.57. The van der Waals surface area contributed by atoms with Crippen LogP contribution in [0.3, 0.4) is 0 Å². The van der Waals surface area contributed by atoms with E-state index in [1.165, 1.54) is 28.0 Å². The SMILES string of the molecule is CCCC=C(Cc1cccc(Cc2cccc(C=O)c2)c1)SC. The van der Waals surface area contributed by atoms with Crippen molar-refractivity contribution in [1.29, 1.82) is 0 Å². The second-order valence-electron chi connectivity index (χ2n) is 5.70. The van der Waals surface area contributed by atoms with Crippen LogP contribution in [0.25, 0.3) is 0 Å². The molecule has 0 unspecified atom stereocenters. The Labute approximate surface area is 143 Å². The first-order chi connectivity index (χ1) is 11.2. The summed E-state index contributed by atoms with van der Waals surface area (Å²) in [6, 6.07) is 16.6. The lowest BCUT2D eigenvalue weighted by Crippen LogP contribution is -1.93. The van der Waals surface area contributed by atoms with Crippen LogP contribution in [0.4, 0.5) is 0 Å². The minimum atomic E-state index is 0.742. The molecule has 0 fully saturated rings. The summed E-state index contributed by atoms with van der Waals surface area (Å²) in [6.45, 7) is 2.21. The van der Waals surface area contributed by atoms with Gasteiger partial charge < -0.3 is 0 Å². The second kappa shape index (κ2) is 9.36. The van der Waals surface area contributed by atoms with Crippen LogP contribution < -0.4 is 0 Å². The zero-order valence-electron chi connectivity index (χ0n) is 13.9. The summed E-state index contributed by atoms with van der Waals surface area (Å²) < 4.78 is 0. The van der Waals surface area contributed by atoms with E-state index >= 15 is 0 Å². The quantitative estimate of drug-likeness (QED) is 0.581. The molecule has 0 bridgehead atoms. The van der Waals surface area contributed by atoms with Crippen molar-refractivity contribution in [2.24, 2.45) is 0 Å². The number of hydrogen-bond donors (Lipinski definition) is 0. The van der Waals surface area contributed by atoms with Crippen LogP contribution in [0.5, 0.6) is 0 Å². The highest BCUT2D eigenvalue weighted by atomic mass is 32.2. The largest absolute Gasteiger partial charge is 0.298 e. The van der Waals surface area contributed by atoms with Gasteiger partial charge in [0.1, 0.15) is 6.29 Å². The molecule has 120 valence electrons. The minimum Gasteiger partial charge on any atom is -0.298 e. The summed E-state index contributed by atoms with van der Waals surface area (Å²) in [6.07, 6.45) is 9.61. The molecule has 0 N–H and O–H groups in total. The van der Waals surface area contributed by atoms with Crippen molar-refractivity contribution in [3.63, 3.8) is 0 Å². The van der Waals surface area contributed by atoms with E-state index in [1.807, 2.05) is 30.0 Å². The highest BCUT2D eigenvalue weighted by molar-refractivity contribution is 8.02. The number of benzene rings is 2. The van der Waals surface area contributed by atoms with Gasteiger partial charge in [-0.05, 0) is 46.8 Å². The van der Waals surface area contributed by atoms with Crippen LogP contribution in [0.1, 0.15) is 46.8 Å². The number of rotatable bonds is 8. The van der Waals surface area contributed by atoms with E-state index in [-0.39, 0.29) is 0 Å². The van der Waals surface area contributed by atoms with Crippen LogP contribution in [-0.2, 0) is 12.8 Å². The first kappa shape index (κ1) is 17.6. The highest BCUT2D eigenvalue weighted by Crippen LogP contribution is 2.21. The number of allylic oxidation sites excluding steroid dienone is 2. The first-order valence-electron chi connectivity index (χ1n) is 8.10. The summed E-state index contributed by atoms with van der Waals surface area (Å²) >= 11 is 1.84. The van der Waals surface area contributed by atoms with E-state index in [0.29, 0.717) is 0 Å². The molecule has 0 aliphatic carbocycles. The van der Waals surface area contributed by atoms with Gasteiger partial charge in [0.15, 0.2) is 0 Å². The van der Waals surface area contributed by atoms with E-state index < -0.39 is 0 Å². The molecule has 0 aromatic heterocycles. The summed E-state index contributed by atoms with van der Waals surface area (Å²) in [4.78, 5) is 12.3. The number of carbonyl (C=O) groups is 1. The van der Waals surface area contributed by atoms with Crippen molar-refractivity contribution in [3.05, 3.63) is 81.8 Å².